The van der Waals surface area contributed by atoms with Crippen molar-refractivity contribution in [1.29, 1.82) is 0 Å². The molecule has 3 aliphatic carbocycles. The van der Waals surface area contributed by atoms with Crippen molar-refractivity contribution in [1.82, 2.24) is 4.90 Å². The summed E-state index contributed by atoms with van der Waals surface area (Å²) in [5, 5.41) is 10.3. The largest absolute Gasteiger partial charge is 0.504 e. The van der Waals surface area contributed by atoms with Gasteiger partial charge >= 0.3 is 0 Å². The molecule has 0 radical (unpaired) electrons. The number of aromatic hydroxyl groups is 1. The molecule has 1 N–H and O–H groups in total. The number of benzene rings is 1. The van der Waals surface area contributed by atoms with Crippen LogP contribution in [0.4, 0.5) is 0 Å². The fourth-order valence-corrected chi connectivity index (χ4v) is 6.97. The summed E-state index contributed by atoms with van der Waals surface area (Å²) in [4.78, 5) is 15.2. The van der Waals surface area contributed by atoms with E-state index in [0.717, 1.165) is 19.4 Å². The third-order valence-corrected chi connectivity index (χ3v) is 7.36. The number of ketones is 1. The Bertz CT molecular complexity index is 744. The van der Waals surface area contributed by atoms with Crippen LogP contribution in [0.5, 0.6) is 11.5 Å². The molecule has 4 heteroatoms. The van der Waals surface area contributed by atoms with E-state index in [9.17, 15) is 9.90 Å². The van der Waals surface area contributed by atoms with E-state index < -0.39 is 0 Å². The third-order valence-electron chi connectivity index (χ3n) is 7.36. The Morgan fingerprint density at radius 1 is 1.36 bits per heavy atom. The first-order chi connectivity index (χ1) is 10.6. The van der Waals surface area contributed by atoms with Gasteiger partial charge < -0.3 is 14.7 Å². The second kappa shape index (κ2) is 3.35. The normalized spacial score (nSPS) is 46.8. The van der Waals surface area contributed by atoms with Crippen molar-refractivity contribution in [2.24, 2.45) is 17.8 Å². The van der Waals surface area contributed by atoms with Gasteiger partial charge in [0.15, 0.2) is 23.4 Å². The number of hydrogen-bond donors (Lipinski definition) is 1. The second-order valence-corrected chi connectivity index (χ2v) is 7.89. The summed E-state index contributed by atoms with van der Waals surface area (Å²) in [7, 11) is 2.24. The zero-order valence-electron chi connectivity index (χ0n) is 12.6. The molecule has 114 valence electrons. The number of phenolic OH excluding ortho intramolecular Hbond substituents is 1. The SMILES string of the molecule is CN1CC2C3Cc4ccc(O)c5c4C24C(O5)C(=O)CCC4C31. The van der Waals surface area contributed by atoms with Crippen LogP contribution in [-0.2, 0) is 16.6 Å². The molecule has 4 nitrogen and oxygen atoms in total. The zero-order valence-corrected chi connectivity index (χ0v) is 12.6. The van der Waals surface area contributed by atoms with E-state index in [-0.39, 0.29) is 23.1 Å². The molecule has 6 atom stereocenters. The number of piperidine rings is 1. The minimum absolute atomic E-state index is 0.140. The van der Waals surface area contributed by atoms with E-state index in [0.29, 0.717) is 36.0 Å². The highest BCUT2D eigenvalue weighted by Gasteiger charge is 2.76. The predicted octanol–water partition coefficient (Wildman–Crippen LogP) is 1.49. The molecule has 2 aliphatic heterocycles. The van der Waals surface area contributed by atoms with Crippen molar-refractivity contribution in [3.8, 4) is 11.5 Å². The van der Waals surface area contributed by atoms with Crippen molar-refractivity contribution in [2.45, 2.75) is 36.8 Å². The summed E-state index contributed by atoms with van der Waals surface area (Å²) in [5.74, 6) is 2.74. The average molecular weight is 297 g/mol. The Hall–Kier alpha value is -1.55. The Kier molecular flexibility index (Phi) is 1.82. The summed E-state index contributed by atoms with van der Waals surface area (Å²) >= 11 is 0. The van der Waals surface area contributed by atoms with Crippen LogP contribution in [-0.4, -0.2) is 41.5 Å². The van der Waals surface area contributed by atoms with Crippen molar-refractivity contribution in [2.75, 3.05) is 13.6 Å². The molecule has 0 aromatic heterocycles. The maximum Gasteiger partial charge on any atom is 0.174 e. The van der Waals surface area contributed by atoms with E-state index in [1.165, 1.54) is 11.1 Å². The molecular formula is C18H19NO3. The van der Waals surface area contributed by atoms with Crippen LogP contribution >= 0.6 is 0 Å². The maximum atomic E-state index is 12.7. The van der Waals surface area contributed by atoms with Crippen molar-refractivity contribution >= 4 is 5.78 Å². The fraction of sp³-hybridized carbons (Fsp3) is 0.611. The van der Waals surface area contributed by atoms with E-state index in [2.05, 4.69) is 18.0 Å². The molecule has 1 aromatic rings. The predicted molar refractivity (Wildman–Crippen MR) is 79.0 cm³/mol. The Balaban J connectivity index is 1.72. The summed E-state index contributed by atoms with van der Waals surface area (Å²) in [6.07, 6.45) is 2.34. The van der Waals surface area contributed by atoms with E-state index >= 15 is 0 Å². The molecular weight excluding hydrogens is 278 g/mol. The van der Waals surface area contributed by atoms with Crippen LogP contribution in [0.15, 0.2) is 12.1 Å². The lowest BCUT2D eigenvalue weighted by atomic mass is 9.55. The highest BCUT2D eigenvalue weighted by Crippen LogP contribution is 2.71. The fourth-order valence-electron chi connectivity index (χ4n) is 6.97. The first-order valence-electron chi connectivity index (χ1n) is 8.39. The van der Waals surface area contributed by atoms with Gasteiger partial charge in [-0.05, 0) is 49.3 Å². The molecule has 22 heavy (non-hydrogen) atoms. The third kappa shape index (κ3) is 0.961. The zero-order chi connectivity index (χ0) is 14.8. The maximum absolute atomic E-state index is 12.7. The number of ether oxygens (including phenoxy) is 1. The van der Waals surface area contributed by atoms with Crippen molar-refractivity contribution in [3.05, 3.63) is 23.3 Å². The number of carbonyl (C=O) groups is 1. The van der Waals surface area contributed by atoms with Gasteiger partial charge in [0, 0.05) is 24.6 Å². The van der Waals surface area contributed by atoms with Gasteiger partial charge in [-0.15, -0.1) is 0 Å². The Morgan fingerprint density at radius 3 is 3.09 bits per heavy atom. The smallest absolute Gasteiger partial charge is 0.174 e. The molecule has 0 amide bonds. The number of hydrogen-bond acceptors (Lipinski definition) is 4. The van der Waals surface area contributed by atoms with Crippen molar-refractivity contribution in [3.63, 3.8) is 0 Å². The minimum Gasteiger partial charge on any atom is -0.504 e. The lowest BCUT2D eigenvalue weighted by Gasteiger charge is -2.49. The van der Waals surface area contributed by atoms with Crippen LogP contribution in [0.3, 0.4) is 0 Å². The number of nitrogens with zero attached hydrogens (tertiary/aromatic N) is 1. The monoisotopic (exact) mass is 297 g/mol. The summed E-state index contributed by atoms with van der Waals surface area (Å²) < 4.78 is 6.14. The first kappa shape index (κ1) is 11.9. The van der Waals surface area contributed by atoms with E-state index in [4.69, 9.17) is 4.74 Å². The van der Waals surface area contributed by atoms with Crippen molar-refractivity contribution < 1.29 is 14.6 Å². The molecule has 2 heterocycles. The standard InChI is InChI=1S/C18H19NO3/c1-19-7-11-9-6-8-2-4-12(20)16-14(8)18(11)10(15(9)19)3-5-13(21)17(18)22-16/h2,4,9-11,15,17,20H,3,5-7H2,1H3. The van der Waals surface area contributed by atoms with Gasteiger partial charge in [-0.25, -0.2) is 0 Å². The van der Waals surface area contributed by atoms with Gasteiger partial charge in [-0.1, -0.05) is 6.07 Å². The molecule has 4 bridgehead atoms. The second-order valence-electron chi connectivity index (χ2n) is 7.89. The number of rotatable bonds is 0. The molecule has 6 unspecified atom stereocenters. The first-order valence-corrected chi connectivity index (χ1v) is 8.39. The topological polar surface area (TPSA) is 49.8 Å². The van der Waals surface area contributed by atoms with Gasteiger partial charge in [0.2, 0.25) is 0 Å². The number of carbonyl (C=O) groups excluding carboxylic acids is 1. The number of phenols is 1. The van der Waals surface area contributed by atoms with Crippen LogP contribution in [0, 0.1) is 17.8 Å². The number of likely N-dealkylation sites (tertiary alicyclic amines) is 1. The van der Waals surface area contributed by atoms with Gasteiger partial charge in [-0.3, -0.25) is 4.79 Å². The van der Waals surface area contributed by atoms with Crippen LogP contribution < -0.4 is 4.74 Å². The summed E-state index contributed by atoms with van der Waals surface area (Å²) in [6, 6.07) is 4.39. The minimum atomic E-state index is -0.347. The van der Waals surface area contributed by atoms with Gasteiger partial charge in [0.1, 0.15) is 0 Å². The lowest BCUT2D eigenvalue weighted by molar-refractivity contribution is -0.135. The molecule has 3 fully saturated rings. The highest BCUT2D eigenvalue weighted by atomic mass is 16.5. The highest BCUT2D eigenvalue weighted by molar-refractivity contribution is 5.89. The molecule has 6 rings (SSSR count). The van der Waals surface area contributed by atoms with Gasteiger partial charge in [0.05, 0.1) is 5.41 Å². The molecule has 5 aliphatic rings. The van der Waals surface area contributed by atoms with Gasteiger partial charge in [-0.2, -0.15) is 0 Å². The summed E-state index contributed by atoms with van der Waals surface area (Å²) in [6.45, 7) is 1.06. The van der Waals surface area contributed by atoms with Gasteiger partial charge in [0.25, 0.3) is 0 Å². The molecule has 1 spiro atoms. The molecule has 2 saturated carbocycles. The van der Waals surface area contributed by atoms with Crippen LogP contribution in [0.2, 0.25) is 0 Å². The average Bonchev–Trinajstić information content (AvgIpc) is 3.07. The van der Waals surface area contributed by atoms with E-state index in [1.807, 2.05) is 0 Å². The molecule has 1 aromatic carbocycles. The van der Waals surface area contributed by atoms with Crippen LogP contribution in [0.25, 0.3) is 0 Å². The number of Topliss-reactive ketones (excluding diaryl/α,β-unsaturated/α-hetero) is 1. The lowest BCUT2D eigenvalue weighted by Crippen LogP contribution is -2.60. The molecule has 1 saturated heterocycles. The van der Waals surface area contributed by atoms with Crippen LogP contribution in [0.1, 0.15) is 24.0 Å². The quantitative estimate of drug-likeness (QED) is 0.788. The number of fused-ring (bicyclic) bond motifs is 1. The summed E-state index contributed by atoms with van der Waals surface area (Å²) in [5.41, 5.74) is 2.38. The Labute approximate surface area is 129 Å². The van der Waals surface area contributed by atoms with E-state index in [1.54, 1.807) is 6.07 Å². The Morgan fingerprint density at radius 2 is 2.23 bits per heavy atom.